The maximum Gasteiger partial charge on any atom is 0.251 e. The molecule has 2 rings (SSSR count). The second-order valence-corrected chi connectivity index (χ2v) is 7.38. The summed E-state index contributed by atoms with van der Waals surface area (Å²) in [5.41, 5.74) is 4.91. The van der Waals surface area contributed by atoms with Crippen molar-refractivity contribution >= 4 is 23.7 Å². The molecular formula is C22H28N4O2. The van der Waals surface area contributed by atoms with E-state index in [2.05, 4.69) is 34.7 Å². The Morgan fingerprint density at radius 1 is 1.04 bits per heavy atom. The molecule has 0 saturated carbocycles. The van der Waals surface area contributed by atoms with E-state index in [1.807, 2.05) is 26.0 Å². The second kappa shape index (κ2) is 10.3. The number of Topliss-reactive ketones (excluding diaryl/α,β-unsaturated/α-hetero) is 1. The minimum atomic E-state index is -0.0671. The smallest absolute Gasteiger partial charge is 0.251 e. The number of carbonyl (C=O) groups excluding carboxylic acids is 2. The van der Waals surface area contributed by atoms with Gasteiger partial charge in [-0.15, -0.1) is 0 Å². The van der Waals surface area contributed by atoms with Gasteiger partial charge in [0.05, 0.1) is 6.21 Å². The lowest BCUT2D eigenvalue weighted by atomic mass is 10.0. The molecule has 148 valence electrons. The summed E-state index contributed by atoms with van der Waals surface area (Å²) in [5.74, 6) is 1.06. The predicted molar refractivity (Wildman–Crippen MR) is 113 cm³/mol. The highest BCUT2D eigenvalue weighted by Gasteiger charge is 2.10. The third-order valence-electron chi connectivity index (χ3n) is 4.15. The number of benzene rings is 1. The Morgan fingerprint density at radius 2 is 1.71 bits per heavy atom. The van der Waals surface area contributed by atoms with Crippen molar-refractivity contribution < 1.29 is 9.59 Å². The van der Waals surface area contributed by atoms with Crippen molar-refractivity contribution in [2.75, 3.05) is 12.0 Å². The van der Waals surface area contributed by atoms with Crippen LogP contribution < -0.4 is 10.7 Å². The SMILES string of the molecule is CC(C)CCNC(=O)c1ccc(/C=N/Nc2ccc(C(=O)C(C)C)cn2)cc1. The molecule has 0 unspecified atom stereocenters. The van der Waals surface area contributed by atoms with E-state index in [4.69, 9.17) is 0 Å². The molecule has 2 N–H and O–H groups in total. The first-order valence-corrected chi connectivity index (χ1v) is 9.54. The lowest BCUT2D eigenvalue weighted by Crippen LogP contribution is -2.25. The Morgan fingerprint density at radius 3 is 2.29 bits per heavy atom. The number of hydrogen-bond acceptors (Lipinski definition) is 5. The third-order valence-corrected chi connectivity index (χ3v) is 4.15. The number of nitrogens with one attached hydrogen (secondary N) is 2. The molecule has 6 heteroatoms. The Hall–Kier alpha value is -3.02. The zero-order valence-corrected chi connectivity index (χ0v) is 16.9. The highest BCUT2D eigenvalue weighted by molar-refractivity contribution is 5.97. The van der Waals surface area contributed by atoms with Gasteiger partial charge in [0.15, 0.2) is 5.78 Å². The fraction of sp³-hybridized carbons (Fsp3) is 0.364. The van der Waals surface area contributed by atoms with E-state index in [-0.39, 0.29) is 17.6 Å². The van der Waals surface area contributed by atoms with Gasteiger partial charge in [-0.3, -0.25) is 15.0 Å². The van der Waals surface area contributed by atoms with Crippen LogP contribution in [0.5, 0.6) is 0 Å². The van der Waals surface area contributed by atoms with E-state index < -0.39 is 0 Å². The largest absolute Gasteiger partial charge is 0.352 e. The van der Waals surface area contributed by atoms with Crippen LogP contribution >= 0.6 is 0 Å². The molecular weight excluding hydrogens is 352 g/mol. The van der Waals surface area contributed by atoms with Crippen molar-refractivity contribution in [3.8, 4) is 0 Å². The van der Waals surface area contributed by atoms with Crippen LogP contribution in [0, 0.1) is 11.8 Å². The van der Waals surface area contributed by atoms with Gasteiger partial charge in [0, 0.05) is 29.8 Å². The van der Waals surface area contributed by atoms with Crippen molar-refractivity contribution in [3.63, 3.8) is 0 Å². The molecule has 2 aromatic rings. The number of nitrogens with zero attached hydrogens (tertiary/aromatic N) is 2. The standard InChI is InChI=1S/C22H28N4O2/c1-15(2)11-12-23-22(28)18-7-5-17(6-8-18)13-25-26-20-10-9-19(14-24-20)21(27)16(3)4/h5-10,13-16H,11-12H2,1-4H3,(H,23,28)(H,24,26)/b25-13+. The first-order valence-electron chi connectivity index (χ1n) is 9.54. The summed E-state index contributed by atoms with van der Waals surface area (Å²) in [5, 5.41) is 7.06. The van der Waals surface area contributed by atoms with E-state index in [1.165, 1.54) is 0 Å². The molecule has 0 spiro atoms. The van der Waals surface area contributed by atoms with Crippen LogP contribution in [-0.4, -0.2) is 29.4 Å². The van der Waals surface area contributed by atoms with Crippen LogP contribution in [0.25, 0.3) is 0 Å². The van der Waals surface area contributed by atoms with Gasteiger partial charge in [0.25, 0.3) is 5.91 Å². The maximum atomic E-state index is 12.1. The molecule has 0 bridgehead atoms. The van der Waals surface area contributed by atoms with Gasteiger partial charge in [-0.25, -0.2) is 4.98 Å². The molecule has 28 heavy (non-hydrogen) atoms. The summed E-state index contributed by atoms with van der Waals surface area (Å²) in [4.78, 5) is 28.2. The average molecular weight is 380 g/mol. The summed E-state index contributed by atoms with van der Waals surface area (Å²) in [6.45, 7) is 8.66. The van der Waals surface area contributed by atoms with Gasteiger partial charge in [0.1, 0.15) is 5.82 Å². The molecule has 0 saturated heterocycles. The summed E-state index contributed by atoms with van der Waals surface area (Å²) in [7, 11) is 0. The van der Waals surface area contributed by atoms with Crippen LogP contribution in [0.15, 0.2) is 47.7 Å². The number of anilines is 1. The lowest BCUT2D eigenvalue weighted by molar-refractivity contribution is 0.0935. The van der Waals surface area contributed by atoms with Gasteiger partial charge in [0.2, 0.25) is 0 Å². The first kappa shape index (κ1) is 21.3. The number of aromatic nitrogens is 1. The van der Waals surface area contributed by atoms with Crippen molar-refractivity contribution in [3.05, 3.63) is 59.3 Å². The van der Waals surface area contributed by atoms with Crippen LogP contribution in [-0.2, 0) is 0 Å². The highest BCUT2D eigenvalue weighted by Crippen LogP contribution is 2.10. The Balaban J connectivity index is 1.87. The van der Waals surface area contributed by atoms with Crippen molar-refractivity contribution in [2.24, 2.45) is 16.9 Å². The van der Waals surface area contributed by atoms with E-state index in [0.29, 0.717) is 29.4 Å². The van der Waals surface area contributed by atoms with E-state index in [0.717, 1.165) is 12.0 Å². The number of carbonyl (C=O) groups is 2. The van der Waals surface area contributed by atoms with E-state index in [1.54, 1.807) is 36.7 Å². The Bertz CT molecular complexity index is 809. The molecule has 1 aromatic heterocycles. The maximum absolute atomic E-state index is 12.1. The zero-order chi connectivity index (χ0) is 20.5. The van der Waals surface area contributed by atoms with E-state index >= 15 is 0 Å². The monoisotopic (exact) mass is 380 g/mol. The third kappa shape index (κ3) is 6.61. The zero-order valence-electron chi connectivity index (χ0n) is 16.9. The molecule has 1 amide bonds. The molecule has 0 radical (unpaired) electrons. The first-order chi connectivity index (χ1) is 13.4. The van der Waals surface area contributed by atoms with Crippen LogP contribution in [0.2, 0.25) is 0 Å². The molecule has 1 aromatic carbocycles. The number of pyridine rings is 1. The molecule has 1 heterocycles. The van der Waals surface area contributed by atoms with Gasteiger partial charge >= 0.3 is 0 Å². The highest BCUT2D eigenvalue weighted by atomic mass is 16.1. The quantitative estimate of drug-likeness (QED) is 0.389. The van der Waals surface area contributed by atoms with E-state index in [9.17, 15) is 9.59 Å². The van der Waals surface area contributed by atoms with Gasteiger partial charge in [-0.05, 0) is 42.2 Å². The molecule has 0 aliphatic heterocycles. The van der Waals surface area contributed by atoms with Gasteiger partial charge < -0.3 is 5.32 Å². The lowest BCUT2D eigenvalue weighted by Gasteiger charge is -2.07. The molecule has 0 atom stereocenters. The van der Waals surface area contributed by atoms with Gasteiger partial charge in [-0.2, -0.15) is 5.10 Å². The topological polar surface area (TPSA) is 83.5 Å². The number of hydrogen-bond donors (Lipinski definition) is 2. The summed E-state index contributed by atoms with van der Waals surface area (Å²) in [6, 6.07) is 10.7. The Kier molecular flexibility index (Phi) is 7.87. The van der Waals surface area contributed by atoms with Crippen molar-refractivity contribution in [1.82, 2.24) is 10.3 Å². The molecule has 6 nitrogen and oxygen atoms in total. The summed E-state index contributed by atoms with van der Waals surface area (Å²) in [6.07, 6.45) is 4.16. The predicted octanol–water partition coefficient (Wildman–Crippen LogP) is 4.14. The average Bonchev–Trinajstić information content (AvgIpc) is 2.68. The normalized spacial score (nSPS) is 11.2. The van der Waals surface area contributed by atoms with Crippen LogP contribution in [0.1, 0.15) is 60.4 Å². The van der Waals surface area contributed by atoms with Gasteiger partial charge in [-0.1, -0.05) is 39.8 Å². The van der Waals surface area contributed by atoms with Crippen LogP contribution in [0.3, 0.4) is 0 Å². The Labute approximate surface area is 166 Å². The summed E-state index contributed by atoms with van der Waals surface area (Å²) >= 11 is 0. The van der Waals surface area contributed by atoms with Crippen LogP contribution in [0.4, 0.5) is 5.82 Å². The number of amides is 1. The molecule has 0 aliphatic rings. The summed E-state index contributed by atoms with van der Waals surface area (Å²) < 4.78 is 0. The minimum Gasteiger partial charge on any atom is -0.352 e. The van der Waals surface area contributed by atoms with Crippen molar-refractivity contribution in [2.45, 2.75) is 34.1 Å². The number of rotatable bonds is 9. The second-order valence-electron chi connectivity index (χ2n) is 7.38. The molecule has 0 fully saturated rings. The number of hydrazone groups is 1. The molecule has 0 aliphatic carbocycles. The fourth-order valence-electron chi connectivity index (χ4n) is 2.41. The van der Waals surface area contributed by atoms with Crippen molar-refractivity contribution in [1.29, 1.82) is 0 Å². The fourth-order valence-corrected chi connectivity index (χ4v) is 2.41. The minimum absolute atomic E-state index is 0.0566. The number of ketones is 1.